The maximum absolute atomic E-state index is 13.1. The molecule has 3 heterocycles. The summed E-state index contributed by atoms with van der Waals surface area (Å²) in [4.78, 5) is 20.0. The maximum atomic E-state index is 13.1. The standard InChI is InChI=1S/C27H29N5O2/c1-19(20-8-4-3-5-9-20)29-27(33)22-11-7-14-31(18-22)26-25-17-24(30-32(25)15-13-28-26)21-10-6-12-23(16-21)34-2/h3-6,8-10,12-13,15-17,19,22H,7,11,14,18H2,1-2H3,(H,29,33)/t19-,22+/m0/s1. The Morgan fingerprint density at radius 2 is 2.00 bits per heavy atom. The Labute approximate surface area is 199 Å². The minimum Gasteiger partial charge on any atom is -0.497 e. The number of fused-ring (bicyclic) bond motifs is 1. The van der Waals surface area contributed by atoms with Crippen LogP contribution >= 0.6 is 0 Å². The fourth-order valence-corrected chi connectivity index (χ4v) is 4.62. The van der Waals surface area contributed by atoms with Crippen LogP contribution in [-0.4, -0.2) is 40.7 Å². The fraction of sp³-hybridized carbons (Fsp3) is 0.296. The number of aromatic nitrogens is 3. The molecule has 34 heavy (non-hydrogen) atoms. The molecular weight excluding hydrogens is 426 g/mol. The molecule has 2 aromatic carbocycles. The fourth-order valence-electron chi connectivity index (χ4n) is 4.62. The van der Waals surface area contributed by atoms with E-state index in [9.17, 15) is 4.79 Å². The van der Waals surface area contributed by atoms with Gasteiger partial charge >= 0.3 is 0 Å². The second-order valence-electron chi connectivity index (χ2n) is 8.77. The number of hydrogen-bond acceptors (Lipinski definition) is 5. The van der Waals surface area contributed by atoms with Gasteiger partial charge in [0.05, 0.1) is 24.8 Å². The first kappa shape index (κ1) is 21.9. The van der Waals surface area contributed by atoms with Gasteiger partial charge in [0.25, 0.3) is 0 Å². The van der Waals surface area contributed by atoms with Crippen LogP contribution in [0.4, 0.5) is 5.82 Å². The molecule has 5 rings (SSSR count). The summed E-state index contributed by atoms with van der Waals surface area (Å²) in [7, 11) is 1.66. The largest absolute Gasteiger partial charge is 0.497 e. The number of piperidine rings is 1. The van der Waals surface area contributed by atoms with E-state index in [-0.39, 0.29) is 17.9 Å². The van der Waals surface area contributed by atoms with Crippen molar-refractivity contribution < 1.29 is 9.53 Å². The smallest absolute Gasteiger partial charge is 0.225 e. The minimum atomic E-state index is -0.0808. The first-order valence-electron chi connectivity index (χ1n) is 11.7. The van der Waals surface area contributed by atoms with E-state index in [0.29, 0.717) is 6.54 Å². The van der Waals surface area contributed by atoms with Crippen LogP contribution in [0.5, 0.6) is 5.75 Å². The lowest BCUT2D eigenvalue weighted by Crippen LogP contribution is -2.44. The molecule has 2 atom stereocenters. The molecule has 174 valence electrons. The average molecular weight is 456 g/mol. The quantitative estimate of drug-likeness (QED) is 0.464. The van der Waals surface area contributed by atoms with Crippen molar-refractivity contribution in [3.63, 3.8) is 0 Å². The highest BCUT2D eigenvalue weighted by atomic mass is 16.5. The van der Waals surface area contributed by atoms with E-state index in [0.717, 1.165) is 53.3 Å². The molecule has 0 radical (unpaired) electrons. The Balaban J connectivity index is 1.36. The van der Waals surface area contributed by atoms with Crippen LogP contribution in [0.2, 0.25) is 0 Å². The van der Waals surface area contributed by atoms with Crippen LogP contribution < -0.4 is 15.0 Å². The molecule has 0 unspecified atom stereocenters. The van der Waals surface area contributed by atoms with Crippen molar-refractivity contribution in [1.29, 1.82) is 0 Å². The maximum Gasteiger partial charge on any atom is 0.225 e. The second kappa shape index (κ2) is 9.55. The number of rotatable bonds is 6. The molecule has 0 saturated carbocycles. The van der Waals surface area contributed by atoms with Gasteiger partial charge in [-0.2, -0.15) is 5.10 Å². The molecular formula is C27H29N5O2. The van der Waals surface area contributed by atoms with Crippen molar-refractivity contribution in [1.82, 2.24) is 19.9 Å². The van der Waals surface area contributed by atoms with Gasteiger partial charge in [-0.1, -0.05) is 42.5 Å². The number of amides is 1. The SMILES string of the molecule is COc1cccc(-c2cc3c(N4CCC[C@@H](C(=O)N[C@@H](C)c5ccccc5)C4)nccn3n2)c1. The van der Waals surface area contributed by atoms with Crippen molar-refractivity contribution >= 4 is 17.2 Å². The summed E-state index contributed by atoms with van der Waals surface area (Å²) in [6, 6.07) is 20.0. The van der Waals surface area contributed by atoms with Gasteiger partial charge in [0.15, 0.2) is 5.82 Å². The number of carbonyl (C=O) groups excluding carboxylic acids is 1. The highest BCUT2D eigenvalue weighted by Crippen LogP contribution is 2.30. The van der Waals surface area contributed by atoms with Crippen molar-refractivity contribution in [3.8, 4) is 17.0 Å². The molecule has 1 aliphatic heterocycles. The number of nitrogens with one attached hydrogen (secondary N) is 1. The van der Waals surface area contributed by atoms with Crippen LogP contribution in [0.1, 0.15) is 31.4 Å². The number of benzene rings is 2. The summed E-state index contributed by atoms with van der Waals surface area (Å²) in [5.74, 6) is 1.67. The van der Waals surface area contributed by atoms with Crippen molar-refractivity contribution in [2.45, 2.75) is 25.8 Å². The summed E-state index contributed by atoms with van der Waals surface area (Å²) < 4.78 is 7.23. The molecule has 4 aromatic rings. The zero-order chi connectivity index (χ0) is 23.5. The van der Waals surface area contributed by atoms with Crippen LogP contribution in [0, 0.1) is 5.92 Å². The third kappa shape index (κ3) is 4.46. The van der Waals surface area contributed by atoms with Gasteiger partial charge in [-0.15, -0.1) is 0 Å². The van der Waals surface area contributed by atoms with Gasteiger partial charge in [0, 0.05) is 31.0 Å². The van der Waals surface area contributed by atoms with Crippen molar-refractivity contribution in [3.05, 3.63) is 78.6 Å². The van der Waals surface area contributed by atoms with Gasteiger partial charge in [0.1, 0.15) is 11.3 Å². The van der Waals surface area contributed by atoms with Gasteiger partial charge in [-0.25, -0.2) is 9.50 Å². The molecule has 1 aliphatic rings. The van der Waals surface area contributed by atoms with Gasteiger partial charge < -0.3 is 15.0 Å². The van der Waals surface area contributed by atoms with E-state index in [2.05, 4.69) is 21.3 Å². The topological polar surface area (TPSA) is 71.8 Å². The van der Waals surface area contributed by atoms with Gasteiger partial charge in [0.2, 0.25) is 5.91 Å². The van der Waals surface area contributed by atoms with Crippen LogP contribution in [0.25, 0.3) is 16.8 Å². The minimum absolute atomic E-state index is 0.0223. The molecule has 0 aliphatic carbocycles. The lowest BCUT2D eigenvalue weighted by atomic mass is 9.96. The molecule has 2 aromatic heterocycles. The molecule has 1 N–H and O–H groups in total. The highest BCUT2D eigenvalue weighted by Gasteiger charge is 2.28. The summed E-state index contributed by atoms with van der Waals surface area (Å²) in [6.45, 7) is 3.53. The zero-order valence-corrected chi connectivity index (χ0v) is 19.5. The van der Waals surface area contributed by atoms with Gasteiger partial charge in [-0.3, -0.25) is 4.79 Å². The van der Waals surface area contributed by atoms with E-state index >= 15 is 0 Å². The molecule has 0 bridgehead atoms. The zero-order valence-electron chi connectivity index (χ0n) is 19.5. The molecule has 0 spiro atoms. The monoisotopic (exact) mass is 455 g/mol. The van der Waals surface area contributed by atoms with E-state index in [1.165, 1.54) is 0 Å². The molecule has 1 fully saturated rings. The number of anilines is 1. The Morgan fingerprint density at radius 1 is 1.15 bits per heavy atom. The van der Waals surface area contributed by atoms with E-state index in [1.807, 2.05) is 72.2 Å². The number of hydrogen-bond donors (Lipinski definition) is 1. The Bertz CT molecular complexity index is 1290. The summed E-state index contributed by atoms with van der Waals surface area (Å²) in [5, 5.41) is 7.95. The molecule has 7 heteroatoms. The lowest BCUT2D eigenvalue weighted by molar-refractivity contribution is -0.125. The van der Waals surface area contributed by atoms with E-state index in [4.69, 9.17) is 9.84 Å². The number of ether oxygens (including phenoxy) is 1. The highest BCUT2D eigenvalue weighted by molar-refractivity contribution is 5.81. The summed E-state index contributed by atoms with van der Waals surface area (Å²) >= 11 is 0. The molecule has 7 nitrogen and oxygen atoms in total. The number of methoxy groups -OCH3 is 1. The number of nitrogens with zero attached hydrogens (tertiary/aromatic N) is 4. The molecule has 1 amide bonds. The third-order valence-electron chi connectivity index (χ3n) is 6.49. The average Bonchev–Trinajstić information content (AvgIpc) is 3.34. The van der Waals surface area contributed by atoms with Crippen LogP contribution in [0.15, 0.2) is 73.1 Å². The van der Waals surface area contributed by atoms with E-state index < -0.39 is 0 Å². The Kier molecular flexibility index (Phi) is 6.16. The Hall–Kier alpha value is -3.87. The molecule has 1 saturated heterocycles. The van der Waals surface area contributed by atoms with Crippen LogP contribution in [0.3, 0.4) is 0 Å². The van der Waals surface area contributed by atoms with Crippen molar-refractivity contribution in [2.24, 2.45) is 5.92 Å². The third-order valence-corrected chi connectivity index (χ3v) is 6.49. The summed E-state index contributed by atoms with van der Waals surface area (Å²) in [5.41, 5.74) is 3.88. The Morgan fingerprint density at radius 3 is 2.82 bits per heavy atom. The summed E-state index contributed by atoms with van der Waals surface area (Å²) in [6.07, 6.45) is 5.45. The van der Waals surface area contributed by atoms with Crippen molar-refractivity contribution in [2.75, 3.05) is 25.1 Å². The first-order valence-corrected chi connectivity index (χ1v) is 11.7. The number of carbonyl (C=O) groups is 1. The van der Waals surface area contributed by atoms with Crippen LogP contribution in [-0.2, 0) is 4.79 Å². The lowest BCUT2D eigenvalue weighted by Gasteiger charge is -2.33. The second-order valence-corrected chi connectivity index (χ2v) is 8.77. The van der Waals surface area contributed by atoms with E-state index in [1.54, 1.807) is 13.3 Å². The predicted molar refractivity (Wildman–Crippen MR) is 133 cm³/mol. The first-order chi connectivity index (χ1) is 16.6. The van der Waals surface area contributed by atoms with Gasteiger partial charge in [-0.05, 0) is 43.5 Å². The predicted octanol–water partition coefficient (Wildman–Crippen LogP) is 4.50. The normalized spacial score (nSPS) is 16.9.